The Balaban J connectivity index is 1.15. The molecule has 132 heavy (non-hydrogen) atoms. The predicted molar refractivity (Wildman–Crippen MR) is 487 cm³/mol. The van der Waals surface area contributed by atoms with Crippen LogP contribution in [0.15, 0.2) is 34.6 Å². The number of rotatable bonds is 31. The van der Waals surface area contributed by atoms with E-state index < -0.39 is 228 Å². The SMILES string of the molecule is CC[C@H]1OC(=O)[C@H](C)[C@@H](O[C@H]2C[C@@](C)(OC)[C@@H](O)[C@H](C)O2)[C@H](C)[C@@H](O[C@@H]2O[C@H](C)C[C@H](N(C)CCN(C)[C@H]3C[C@@H](C)O[C@@H](O[C@@H]4[C@@H](C)[C@H](O[C@H]5C[C@@](C)(OC)[C@@H](O)[C@H](C)O5)[C@@H](C)C(=O)O[C@H](CC)[C@@](C)(O)[C@H](O)[C@@H](C)/C(=N\OCc5cc(OC)c(OC)c(OC)c5)[C@H](C)C[C@@]4(C)OC)[C@@H]3O)[C@H]2O)[C@](C)(OC)C[C@@H](C)/C(=N/OCc2cc(OC)c(OC)c(OC)c2)[C@H](C)[C@@H](O)[C@]1(C)O. The first-order valence-electron chi connectivity index (χ1n) is 46.7. The summed E-state index contributed by atoms with van der Waals surface area (Å²) < 4.78 is 127. The lowest BCUT2D eigenvalue weighted by atomic mass is 9.73. The van der Waals surface area contributed by atoms with Crippen LogP contribution in [0.3, 0.4) is 0 Å². The van der Waals surface area contributed by atoms with Gasteiger partial charge in [-0.3, -0.25) is 19.4 Å². The molecule has 0 aliphatic carbocycles. The Hall–Kier alpha value is -5.76. The van der Waals surface area contributed by atoms with E-state index in [1.54, 1.807) is 93.5 Å². The molecular weight excluding hydrogens is 1720 g/mol. The van der Waals surface area contributed by atoms with Crippen LogP contribution in [-0.2, 0) is 98.8 Å². The maximum absolute atomic E-state index is 15.2. The molecule has 0 unspecified atom stereocenters. The summed E-state index contributed by atoms with van der Waals surface area (Å²) in [5, 5.41) is 109. The van der Waals surface area contributed by atoms with Gasteiger partial charge >= 0.3 is 11.9 Å². The second-order valence-electron chi connectivity index (χ2n) is 39.1. The van der Waals surface area contributed by atoms with E-state index >= 15 is 9.59 Å². The fourth-order valence-electron chi connectivity index (χ4n) is 20.8. The molecule has 0 spiro atoms. The van der Waals surface area contributed by atoms with Gasteiger partial charge < -0.3 is 145 Å². The van der Waals surface area contributed by atoms with Gasteiger partial charge in [-0.15, -0.1) is 0 Å². The first-order chi connectivity index (χ1) is 61.9. The molecule has 8 rings (SSSR count). The van der Waals surface area contributed by atoms with Crippen molar-refractivity contribution < 1.29 is 155 Å². The van der Waals surface area contributed by atoms with E-state index in [9.17, 15) is 40.9 Å². The molecule has 36 atom stereocenters. The van der Waals surface area contributed by atoms with Gasteiger partial charge in [-0.2, -0.15) is 0 Å². The zero-order chi connectivity index (χ0) is 98.7. The molecule has 6 aliphatic rings. The summed E-state index contributed by atoms with van der Waals surface area (Å²) in [4.78, 5) is 47.0. The summed E-state index contributed by atoms with van der Waals surface area (Å²) in [5.74, 6) is -6.84. The average molecular weight is 1880 g/mol. The summed E-state index contributed by atoms with van der Waals surface area (Å²) in [6.07, 6.45) is -22.2. The quantitative estimate of drug-likeness (QED) is 0.0258. The minimum Gasteiger partial charge on any atom is -0.493 e. The fraction of sp³-hybridized carbons (Fsp3) is 0.833. The van der Waals surface area contributed by atoms with E-state index in [1.807, 2.05) is 79.3 Å². The van der Waals surface area contributed by atoms with Crippen LogP contribution in [0.25, 0.3) is 0 Å². The van der Waals surface area contributed by atoms with Gasteiger partial charge in [0.05, 0.1) is 149 Å². The Morgan fingerprint density at radius 1 is 0.417 bits per heavy atom. The van der Waals surface area contributed by atoms with E-state index in [0.29, 0.717) is 83.0 Å². The number of benzene rings is 2. The van der Waals surface area contributed by atoms with Crippen LogP contribution >= 0.6 is 0 Å². The van der Waals surface area contributed by atoms with Crippen LogP contribution in [-0.4, -0.2) is 341 Å². The molecule has 0 amide bonds. The van der Waals surface area contributed by atoms with Gasteiger partial charge in [0.15, 0.2) is 48.2 Å². The fourth-order valence-corrected chi connectivity index (χ4v) is 20.8. The summed E-state index contributed by atoms with van der Waals surface area (Å²) in [7, 11) is 18.8. The molecule has 0 aromatic heterocycles. The van der Waals surface area contributed by atoms with Crippen LogP contribution in [0.4, 0.5) is 0 Å². The van der Waals surface area contributed by atoms with Gasteiger partial charge in [0.2, 0.25) is 11.5 Å². The second-order valence-corrected chi connectivity index (χ2v) is 39.1. The number of hydrogen-bond donors (Lipinski definition) is 8. The number of methoxy groups -OCH3 is 10. The van der Waals surface area contributed by atoms with E-state index in [0.717, 1.165) is 0 Å². The normalized spacial score (nSPS) is 41.7. The molecule has 6 heterocycles. The Bertz CT molecular complexity index is 3740. The maximum atomic E-state index is 15.2. The molecule has 0 saturated carbocycles. The summed E-state index contributed by atoms with van der Waals surface area (Å²) in [5.41, 5.74) is -7.66. The number of esters is 2. The number of cyclic esters (lactones) is 2. The number of likely N-dealkylation sites (N-methyl/N-ethyl adjacent to an activating group) is 2. The first kappa shape index (κ1) is 112. The molecule has 2 aromatic carbocycles. The Morgan fingerprint density at radius 2 is 0.727 bits per heavy atom. The van der Waals surface area contributed by atoms with Crippen LogP contribution in [0.5, 0.6) is 34.5 Å². The van der Waals surface area contributed by atoms with Crippen LogP contribution in [0, 0.1) is 47.3 Å². The lowest BCUT2D eigenvalue weighted by Crippen LogP contribution is -2.62. The molecule has 6 aliphatic heterocycles. The van der Waals surface area contributed by atoms with Crippen molar-refractivity contribution in [1.29, 1.82) is 0 Å². The molecule has 36 heteroatoms. The lowest BCUT2D eigenvalue weighted by Gasteiger charge is -2.50. The third-order valence-corrected chi connectivity index (χ3v) is 29.5. The van der Waals surface area contributed by atoms with Gasteiger partial charge in [0.1, 0.15) is 61.0 Å². The van der Waals surface area contributed by atoms with Crippen molar-refractivity contribution in [3.63, 3.8) is 0 Å². The topological polar surface area (TPSA) is 430 Å². The van der Waals surface area contributed by atoms with Gasteiger partial charge in [-0.1, -0.05) is 65.7 Å². The molecule has 6 saturated heterocycles. The van der Waals surface area contributed by atoms with Crippen LogP contribution in [0.1, 0.15) is 201 Å². The highest BCUT2D eigenvalue weighted by Gasteiger charge is 2.58. The zero-order valence-corrected chi connectivity index (χ0v) is 84.3. The maximum Gasteiger partial charge on any atom is 0.311 e. The summed E-state index contributed by atoms with van der Waals surface area (Å²) in [6.45, 7) is 35.2. The number of oxime groups is 2. The van der Waals surface area contributed by atoms with Crippen molar-refractivity contribution in [3.8, 4) is 34.5 Å². The Kier molecular flexibility index (Phi) is 39.9. The average Bonchev–Trinajstić information content (AvgIpc) is 0.765. The largest absolute Gasteiger partial charge is 0.493 e. The smallest absolute Gasteiger partial charge is 0.311 e. The van der Waals surface area contributed by atoms with E-state index in [4.69, 9.17) is 115 Å². The zero-order valence-electron chi connectivity index (χ0n) is 84.3. The highest BCUT2D eigenvalue weighted by atomic mass is 16.7. The minimum atomic E-state index is -2.09. The first-order valence-corrected chi connectivity index (χ1v) is 46.7. The number of aliphatic hydroxyl groups excluding tert-OH is 6. The molecule has 0 radical (unpaired) electrons. The number of carbonyl (C=O) groups is 2. The molecule has 8 N–H and O–H groups in total. The van der Waals surface area contributed by atoms with Crippen LogP contribution in [0.2, 0.25) is 0 Å². The Morgan fingerprint density at radius 3 is 1.01 bits per heavy atom. The van der Waals surface area contributed by atoms with Crippen molar-refractivity contribution in [2.45, 2.75) is 372 Å². The van der Waals surface area contributed by atoms with Crippen molar-refractivity contribution in [1.82, 2.24) is 9.80 Å². The Labute approximate surface area is 782 Å². The van der Waals surface area contributed by atoms with Gasteiger partial charge in [-0.05, 0) is 171 Å². The molecular formula is C96H162N4O32. The molecule has 6 fully saturated rings. The molecule has 36 nitrogen and oxygen atoms in total. The lowest BCUT2D eigenvalue weighted by molar-refractivity contribution is -0.320. The number of hydrogen-bond acceptors (Lipinski definition) is 36. The molecule has 758 valence electrons. The third kappa shape index (κ3) is 24.9. The number of aliphatic hydroxyl groups is 8. The predicted octanol–water partition coefficient (Wildman–Crippen LogP) is 8.69. The minimum absolute atomic E-state index is 0.0175. The van der Waals surface area contributed by atoms with Gasteiger partial charge in [-0.25, -0.2) is 0 Å². The number of ether oxygens (including phenoxy) is 20. The van der Waals surface area contributed by atoms with Crippen molar-refractivity contribution in [3.05, 3.63) is 35.4 Å². The van der Waals surface area contributed by atoms with Gasteiger partial charge in [0.25, 0.3) is 0 Å². The highest BCUT2D eigenvalue weighted by Crippen LogP contribution is 2.48. The van der Waals surface area contributed by atoms with E-state index in [1.165, 1.54) is 84.9 Å². The van der Waals surface area contributed by atoms with Crippen molar-refractivity contribution in [2.75, 3.05) is 98.3 Å². The highest BCUT2D eigenvalue weighted by molar-refractivity contribution is 5.89. The summed E-state index contributed by atoms with van der Waals surface area (Å²) in [6, 6.07) is 5.59. The molecule has 2 aromatic rings. The second kappa shape index (κ2) is 47.3. The van der Waals surface area contributed by atoms with Crippen molar-refractivity contribution >= 4 is 23.4 Å². The monoisotopic (exact) mass is 1880 g/mol. The molecule has 0 bridgehead atoms. The third-order valence-electron chi connectivity index (χ3n) is 29.5. The number of carbonyl (C=O) groups excluding carboxylic acids is 2. The van der Waals surface area contributed by atoms with Gasteiger partial charge in [0, 0.05) is 102 Å². The van der Waals surface area contributed by atoms with Crippen molar-refractivity contribution in [2.24, 2.45) is 57.7 Å². The standard InChI is InChI=1S/C96H162N4O32/c1-33-69-95(19,109)81(103)53(7)73(97-121-47-61-39-65(111-23)79(115-27)66(40-61)112-24)49(3)43-93(17,119-31)85(55(9)77(57(11)87(107)127-69)129-71-45-91(15,117-29)83(105)59(13)125-71)131-89-75(101)63(37-51(5)123-89)99(21)35-36-100(22)64-38-52(6)124-90(76(64)102)132-86-56(10)78(130-72-46-92(16,118-30)84(106)60(14)126-72)58(12)88(108)128-70(34-2)96(20,110)82(104)54(8)74(50(4)44-94(86,18)120-32)98-122-48-62-41-67(113-25)80(116-28)68(42-62)114-26/h39-42,49-60,63-64,69-72,75-78,81-86,89-90,101-106,109-110H,33-38,43-48H2,1-32H3/b97-73-,98-74-/t49-,50-,51-,52-,53+,54+,55+,56+,57-,58-,59+,60+,63+,64+,69-,70-,71+,72+,75-,76-,77+,78+,81-,82-,83+,84+,85-,86-,89+,90+,91-,92-,93-,94-,95-,96-/m1/s1. The van der Waals surface area contributed by atoms with Crippen LogP contribution < -0.4 is 28.4 Å². The van der Waals surface area contributed by atoms with E-state index in [2.05, 4.69) is 0 Å². The summed E-state index contributed by atoms with van der Waals surface area (Å²) >= 11 is 0. The van der Waals surface area contributed by atoms with E-state index in [-0.39, 0.29) is 51.7 Å². The number of nitrogens with zero attached hydrogens (tertiary/aromatic N) is 4.